The Morgan fingerprint density at radius 2 is 2.15 bits per heavy atom. The number of ether oxygens (including phenoxy) is 2. The number of benzene rings is 1. The Kier molecular flexibility index (Phi) is 3.56. The lowest BCUT2D eigenvalue weighted by Gasteiger charge is -2.19. The molecule has 0 spiro atoms. The van der Waals surface area contributed by atoms with Gasteiger partial charge in [-0.3, -0.25) is 0 Å². The quantitative estimate of drug-likeness (QED) is 0.915. The van der Waals surface area contributed by atoms with Crippen molar-refractivity contribution in [2.75, 3.05) is 13.2 Å². The number of fused-ring (bicyclic) bond motifs is 1. The highest BCUT2D eigenvalue weighted by atomic mass is 16.6. The molecule has 2 aromatic rings. The fourth-order valence-corrected chi connectivity index (χ4v) is 2.07. The Labute approximate surface area is 116 Å². The van der Waals surface area contributed by atoms with Crippen molar-refractivity contribution in [1.82, 2.24) is 10.1 Å². The molecule has 1 atom stereocenters. The van der Waals surface area contributed by atoms with E-state index in [1.54, 1.807) is 0 Å². The average molecular weight is 275 g/mol. The second-order valence-electron chi connectivity index (χ2n) is 4.72. The topological polar surface area (TPSA) is 83.4 Å². The number of hydrogen-bond donors (Lipinski definition) is 1. The first-order valence-corrected chi connectivity index (χ1v) is 6.75. The first-order chi connectivity index (χ1) is 9.78. The molecule has 6 heteroatoms. The molecule has 3 rings (SSSR count). The van der Waals surface area contributed by atoms with E-state index in [0.29, 0.717) is 42.8 Å². The van der Waals surface area contributed by atoms with Crippen LogP contribution < -0.4 is 15.2 Å². The lowest BCUT2D eigenvalue weighted by atomic mass is 10.1. The molecule has 1 unspecified atom stereocenters. The summed E-state index contributed by atoms with van der Waals surface area (Å²) in [7, 11) is 0. The van der Waals surface area contributed by atoms with Crippen LogP contribution in [0.5, 0.6) is 11.5 Å². The summed E-state index contributed by atoms with van der Waals surface area (Å²) in [6, 6.07) is 5.67. The molecule has 1 aliphatic heterocycles. The highest BCUT2D eigenvalue weighted by Gasteiger charge is 2.21. The Hall–Kier alpha value is -2.08. The molecule has 0 saturated heterocycles. The van der Waals surface area contributed by atoms with Gasteiger partial charge in [0.05, 0.1) is 5.56 Å². The van der Waals surface area contributed by atoms with Gasteiger partial charge in [0.15, 0.2) is 17.3 Å². The van der Waals surface area contributed by atoms with Crippen LogP contribution in [-0.4, -0.2) is 29.4 Å². The molecule has 0 radical (unpaired) electrons. The van der Waals surface area contributed by atoms with Gasteiger partial charge in [-0.15, -0.1) is 0 Å². The Morgan fingerprint density at radius 3 is 3.00 bits per heavy atom. The summed E-state index contributed by atoms with van der Waals surface area (Å²) in [4.78, 5) is 4.38. The van der Waals surface area contributed by atoms with E-state index in [2.05, 4.69) is 10.1 Å². The molecule has 0 bridgehead atoms. The third-order valence-electron chi connectivity index (χ3n) is 3.23. The third-order valence-corrected chi connectivity index (χ3v) is 3.23. The summed E-state index contributed by atoms with van der Waals surface area (Å²) in [6.45, 7) is 3.10. The minimum absolute atomic E-state index is 0.0460. The van der Waals surface area contributed by atoms with Gasteiger partial charge in [-0.2, -0.15) is 4.98 Å². The SMILES string of the molecule is CCC(N)Cc1noc(-c2cccc3c2OCCO3)n1. The maximum Gasteiger partial charge on any atom is 0.261 e. The molecule has 1 aliphatic rings. The van der Waals surface area contributed by atoms with Crippen LogP contribution >= 0.6 is 0 Å². The van der Waals surface area contributed by atoms with Crippen LogP contribution in [0.15, 0.2) is 22.7 Å². The van der Waals surface area contributed by atoms with E-state index in [4.69, 9.17) is 19.7 Å². The summed E-state index contributed by atoms with van der Waals surface area (Å²) >= 11 is 0. The molecular formula is C14H17N3O3. The first kappa shape index (κ1) is 12.9. The van der Waals surface area contributed by atoms with Crippen molar-refractivity contribution in [2.45, 2.75) is 25.8 Å². The van der Waals surface area contributed by atoms with Crippen LogP contribution in [0.4, 0.5) is 0 Å². The molecule has 1 aromatic carbocycles. The standard InChI is InChI=1S/C14H17N3O3/c1-2-9(15)8-12-16-14(20-17-12)10-4-3-5-11-13(10)19-7-6-18-11/h3-5,9H,2,6-8,15H2,1H3. The van der Waals surface area contributed by atoms with Crippen LogP contribution in [0.25, 0.3) is 11.5 Å². The number of rotatable bonds is 4. The Balaban J connectivity index is 1.90. The second kappa shape index (κ2) is 5.50. The van der Waals surface area contributed by atoms with Crippen molar-refractivity contribution < 1.29 is 14.0 Å². The zero-order chi connectivity index (χ0) is 13.9. The van der Waals surface area contributed by atoms with Gasteiger partial charge in [0.1, 0.15) is 13.2 Å². The van der Waals surface area contributed by atoms with Crippen LogP contribution in [0.3, 0.4) is 0 Å². The minimum Gasteiger partial charge on any atom is -0.486 e. The van der Waals surface area contributed by atoms with Crippen LogP contribution in [0.2, 0.25) is 0 Å². The van der Waals surface area contributed by atoms with E-state index in [0.717, 1.165) is 12.0 Å². The lowest BCUT2D eigenvalue weighted by Crippen LogP contribution is -2.21. The second-order valence-corrected chi connectivity index (χ2v) is 4.72. The van der Waals surface area contributed by atoms with Crippen molar-refractivity contribution >= 4 is 0 Å². The molecule has 20 heavy (non-hydrogen) atoms. The van der Waals surface area contributed by atoms with Gasteiger partial charge >= 0.3 is 0 Å². The normalized spacial score (nSPS) is 15.1. The van der Waals surface area contributed by atoms with E-state index >= 15 is 0 Å². The van der Waals surface area contributed by atoms with Gasteiger partial charge in [-0.25, -0.2) is 0 Å². The van der Waals surface area contributed by atoms with Crippen molar-refractivity contribution in [3.63, 3.8) is 0 Å². The summed E-state index contributed by atoms with van der Waals surface area (Å²) in [6.07, 6.45) is 1.48. The number of hydrogen-bond acceptors (Lipinski definition) is 6. The van der Waals surface area contributed by atoms with E-state index in [9.17, 15) is 0 Å². The van der Waals surface area contributed by atoms with E-state index in [1.165, 1.54) is 0 Å². The average Bonchev–Trinajstić information content (AvgIpc) is 2.94. The maximum absolute atomic E-state index is 5.90. The van der Waals surface area contributed by atoms with E-state index in [1.807, 2.05) is 25.1 Å². The van der Waals surface area contributed by atoms with Crippen molar-refractivity contribution in [1.29, 1.82) is 0 Å². The number of nitrogens with zero attached hydrogens (tertiary/aromatic N) is 2. The van der Waals surface area contributed by atoms with Gasteiger partial charge < -0.3 is 19.7 Å². The lowest BCUT2D eigenvalue weighted by molar-refractivity contribution is 0.172. The van der Waals surface area contributed by atoms with Crippen LogP contribution in [-0.2, 0) is 6.42 Å². The predicted octanol–water partition coefficient (Wildman–Crippen LogP) is 1.79. The molecular weight excluding hydrogens is 258 g/mol. The number of nitrogens with two attached hydrogens (primary N) is 1. The number of para-hydroxylation sites is 1. The summed E-state index contributed by atoms with van der Waals surface area (Å²) < 4.78 is 16.5. The molecule has 0 saturated carbocycles. The van der Waals surface area contributed by atoms with Crippen molar-refractivity contribution in [3.8, 4) is 23.0 Å². The number of aromatic nitrogens is 2. The minimum atomic E-state index is 0.0460. The highest BCUT2D eigenvalue weighted by Crippen LogP contribution is 2.39. The highest BCUT2D eigenvalue weighted by molar-refractivity contribution is 5.67. The molecule has 2 N–H and O–H groups in total. The fraction of sp³-hybridized carbons (Fsp3) is 0.429. The fourth-order valence-electron chi connectivity index (χ4n) is 2.07. The molecule has 0 aliphatic carbocycles. The van der Waals surface area contributed by atoms with E-state index in [-0.39, 0.29) is 6.04 Å². The van der Waals surface area contributed by atoms with Crippen LogP contribution in [0.1, 0.15) is 19.2 Å². The first-order valence-electron chi connectivity index (χ1n) is 6.75. The smallest absolute Gasteiger partial charge is 0.261 e. The van der Waals surface area contributed by atoms with Crippen molar-refractivity contribution in [2.24, 2.45) is 5.73 Å². The molecule has 2 heterocycles. The van der Waals surface area contributed by atoms with Gasteiger partial charge in [0, 0.05) is 12.5 Å². The zero-order valence-electron chi connectivity index (χ0n) is 11.3. The summed E-state index contributed by atoms with van der Waals surface area (Å²) in [5.74, 6) is 2.42. The maximum atomic E-state index is 5.90. The Bertz CT molecular complexity index is 597. The molecule has 106 valence electrons. The molecule has 0 amide bonds. The van der Waals surface area contributed by atoms with Gasteiger partial charge in [0.25, 0.3) is 5.89 Å². The van der Waals surface area contributed by atoms with Crippen molar-refractivity contribution in [3.05, 3.63) is 24.0 Å². The summed E-state index contributed by atoms with van der Waals surface area (Å²) in [5.41, 5.74) is 6.65. The molecule has 1 aromatic heterocycles. The van der Waals surface area contributed by atoms with Gasteiger partial charge in [0.2, 0.25) is 0 Å². The largest absolute Gasteiger partial charge is 0.486 e. The monoisotopic (exact) mass is 275 g/mol. The Morgan fingerprint density at radius 1 is 1.30 bits per heavy atom. The third kappa shape index (κ3) is 2.46. The predicted molar refractivity (Wildman–Crippen MR) is 72.7 cm³/mol. The van der Waals surface area contributed by atoms with Crippen LogP contribution in [0, 0.1) is 0 Å². The zero-order valence-corrected chi connectivity index (χ0v) is 11.3. The summed E-state index contributed by atoms with van der Waals surface area (Å²) in [5, 5.41) is 3.97. The molecule has 0 fully saturated rings. The van der Waals surface area contributed by atoms with E-state index < -0.39 is 0 Å². The van der Waals surface area contributed by atoms with Gasteiger partial charge in [-0.1, -0.05) is 18.1 Å². The molecule has 6 nitrogen and oxygen atoms in total. The van der Waals surface area contributed by atoms with Gasteiger partial charge in [-0.05, 0) is 18.6 Å².